The number of aliphatic hydroxyl groups excluding tert-OH is 1. The van der Waals surface area contributed by atoms with Crippen molar-refractivity contribution in [3.8, 4) is 10.4 Å². The summed E-state index contributed by atoms with van der Waals surface area (Å²) in [6.07, 6.45) is 3.34. The lowest BCUT2D eigenvalue weighted by molar-refractivity contribution is -0.144. The summed E-state index contributed by atoms with van der Waals surface area (Å²) in [5.41, 5.74) is 11.7. The lowest BCUT2D eigenvalue weighted by atomic mass is 9.70. The number of aromatic nitrogens is 1. The Morgan fingerprint density at radius 2 is 1.72 bits per heavy atom. The zero-order valence-electron chi connectivity index (χ0n) is 31.6. The monoisotopic (exact) mass is 745 g/mol. The number of nitrogens with zero attached hydrogens (tertiary/aromatic N) is 2. The van der Waals surface area contributed by atoms with Crippen molar-refractivity contribution in [3.63, 3.8) is 0 Å². The molecule has 53 heavy (non-hydrogen) atoms. The van der Waals surface area contributed by atoms with Crippen LogP contribution in [0.2, 0.25) is 0 Å². The van der Waals surface area contributed by atoms with Crippen LogP contribution in [0.1, 0.15) is 101 Å². The average molecular weight is 746 g/mol. The molecule has 12 heteroatoms. The van der Waals surface area contributed by atoms with Crippen LogP contribution in [0.3, 0.4) is 0 Å². The van der Waals surface area contributed by atoms with Gasteiger partial charge in [-0.3, -0.25) is 19.2 Å². The SMILES string of the molecule is Cc1ncsc1-c1ccc(CNC(=O)[C@@H]2C[C@@H](O)CN2C(=O)[C@@H](NC(=O)CC2CC(c3ccc(CO[C@H](C)CCCC(N)=O)cc3)C2)C(C)(C)C)cc1. The molecule has 4 amide bonds. The zero-order valence-corrected chi connectivity index (χ0v) is 32.4. The molecule has 3 aromatic rings. The number of hydrogen-bond donors (Lipinski definition) is 4. The highest BCUT2D eigenvalue weighted by Crippen LogP contribution is 2.43. The number of β-amino-alcohol motifs (C(OH)–C–C–N with tert-alkyl or cyclic N) is 1. The second kappa shape index (κ2) is 17.8. The maximum atomic E-state index is 14.0. The summed E-state index contributed by atoms with van der Waals surface area (Å²) in [7, 11) is 0. The molecule has 1 saturated heterocycles. The summed E-state index contributed by atoms with van der Waals surface area (Å²) in [5, 5.41) is 16.5. The molecule has 2 heterocycles. The molecule has 1 aliphatic heterocycles. The van der Waals surface area contributed by atoms with E-state index in [1.54, 1.807) is 11.3 Å². The van der Waals surface area contributed by atoms with Crippen molar-refractivity contribution in [2.45, 2.75) is 123 Å². The van der Waals surface area contributed by atoms with Crippen molar-refractivity contribution in [2.24, 2.45) is 17.1 Å². The number of aliphatic hydroxyl groups is 1. The number of likely N-dealkylation sites (tertiary alicyclic amines) is 1. The van der Waals surface area contributed by atoms with Crippen molar-refractivity contribution in [1.82, 2.24) is 20.5 Å². The Kier molecular flexibility index (Phi) is 13.5. The normalized spacial score (nSPS) is 21.1. The molecule has 5 N–H and O–H groups in total. The van der Waals surface area contributed by atoms with Gasteiger partial charge in [-0.2, -0.15) is 0 Å². The summed E-state index contributed by atoms with van der Waals surface area (Å²) < 4.78 is 5.93. The molecular weight excluding hydrogens is 691 g/mol. The van der Waals surface area contributed by atoms with Crippen LogP contribution in [0.4, 0.5) is 0 Å². The number of thiazole rings is 1. The molecule has 1 saturated carbocycles. The molecule has 0 bridgehead atoms. The Hall–Kier alpha value is -4.13. The number of primary amides is 1. The second-order valence-electron chi connectivity index (χ2n) is 15.9. The van der Waals surface area contributed by atoms with E-state index in [2.05, 4.69) is 39.9 Å². The minimum atomic E-state index is -0.852. The van der Waals surface area contributed by atoms with Gasteiger partial charge in [-0.1, -0.05) is 69.3 Å². The van der Waals surface area contributed by atoms with Gasteiger partial charge in [-0.25, -0.2) is 4.98 Å². The molecule has 5 rings (SSSR count). The molecule has 1 aromatic heterocycles. The van der Waals surface area contributed by atoms with Gasteiger partial charge in [0.05, 0.1) is 34.9 Å². The Balaban J connectivity index is 1.09. The first-order valence-electron chi connectivity index (χ1n) is 18.7. The van der Waals surface area contributed by atoms with Gasteiger partial charge >= 0.3 is 0 Å². The van der Waals surface area contributed by atoms with Gasteiger partial charge in [0.2, 0.25) is 23.6 Å². The van der Waals surface area contributed by atoms with Crippen molar-refractivity contribution in [2.75, 3.05) is 6.54 Å². The van der Waals surface area contributed by atoms with Crippen LogP contribution in [0, 0.1) is 18.3 Å². The fourth-order valence-corrected chi connectivity index (χ4v) is 8.02. The lowest BCUT2D eigenvalue weighted by Crippen LogP contribution is -2.58. The first kappa shape index (κ1) is 40.1. The fourth-order valence-electron chi connectivity index (χ4n) is 7.21. The Labute approximate surface area is 317 Å². The number of aryl methyl sites for hydroxylation is 1. The van der Waals surface area contributed by atoms with Crippen LogP contribution in [0.15, 0.2) is 54.0 Å². The zero-order chi connectivity index (χ0) is 38.3. The standard InChI is InChI=1S/C41H55N5O6S/c1-25(7-6-8-35(42)48)52-23-28-11-13-30(14-12-28)32-17-29(18-32)19-36(49)45-38(41(3,4)5)40(51)46-22-33(47)20-34(46)39(50)43-21-27-9-15-31(16-10-27)37-26(2)44-24-53-37/h9-16,24-25,29,32-34,38,47H,6-8,17-23H2,1-5H3,(H2,42,48)(H,43,50)(H,45,49)/t25-,29?,32?,33-,34+,38-/m1/s1. The minimum Gasteiger partial charge on any atom is -0.391 e. The van der Waals surface area contributed by atoms with E-state index in [0.29, 0.717) is 25.4 Å². The van der Waals surface area contributed by atoms with Gasteiger partial charge in [-0.05, 0) is 79.0 Å². The molecular formula is C41H55N5O6S. The number of benzene rings is 2. The van der Waals surface area contributed by atoms with Crippen molar-refractivity contribution < 1.29 is 29.0 Å². The first-order valence-corrected chi connectivity index (χ1v) is 19.6. The molecule has 2 aromatic carbocycles. The quantitative estimate of drug-likeness (QED) is 0.153. The smallest absolute Gasteiger partial charge is 0.246 e. The molecule has 286 valence electrons. The number of nitrogens with two attached hydrogens (primary N) is 1. The van der Waals surface area contributed by atoms with Crippen LogP contribution < -0.4 is 16.4 Å². The molecule has 2 fully saturated rings. The van der Waals surface area contributed by atoms with E-state index in [9.17, 15) is 24.3 Å². The molecule has 1 aliphatic carbocycles. The maximum Gasteiger partial charge on any atom is 0.246 e. The Morgan fingerprint density at radius 1 is 1.04 bits per heavy atom. The summed E-state index contributed by atoms with van der Waals surface area (Å²) in [6.45, 7) is 10.5. The maximum absolute atomic E-state index is 14.0. The van der Waals surface area contributed by atoms with Gasteiger partial charge in [0, 0.05) is 32.4 Å². The van der Waals surface area contributed by atoms with Crippen molar-refractivity contribution in [3.05, 3.63) is 76.4 Å². The Morgan fingerprint density at radius 3 is 2.34 bits per heavy atom. The van der Waals surface area contributed by atoms with E-state index in [-0.39, 0.29) is 55.2 Å². The van der Waals surface area contributed by atoms with E-state index in [0.717, 1.165) is 52.9 Å². The van der Waals surface area contributed by atoms with Gasteiger partial charge in [-0.15, -0.1) is 11.3 Å². The molecule has 11 nitrogen and oxygen atoms in total. The lowest BCUT2D eigenvalue weighted by Gasteiger charge is -2.38. The van der Waals surface area contributed by atoms with Crippen LogP contribution in [0.5, 0.6) is 0 Å². The second-order valence-corrected chi connectivity index (χ2v) is 16.8. The average Bonchev–Trinajstić information content (AvgIpc) is 3.71. The number of nitrogens with one attached hydrogen (secondary N) is 2. The van der Waals surface area contributed by atoms with E-state index in [1.165, 1.54) is 10.5 Å². The number of carbonyl (C=O) groups is 4. The molecule has 0 unspecified atom stereocenters. The molecule has 2 aliphatic rings. The third-order valence-corrected chi connectivity index (χ3v) is 11.4. The largest absolute Gasteiger partial charge is 0.391 e. The summed E-state index contributed by atoms with van der Waals surface area (Å²) in [5.74, 6) is -0.569. The third kappa shape index (κ3) is 11.0. The Bertz CT molecular complexity index is 1710. The van der Waals surface area contributed by atoms with Crippen LogP contribution >= 0.6 is 11.3 Å². The van der Waals surface area contributed by atoms with Crippen molar-refractivity contribution in [1.29, 1.82) is 0 Å². The minimum absolute atomic E-state index is 0.0352. The summed E-state index contributed by atoms with van der Waals surface area (Å²) in [4.78, 5) is 58.6. The number of ether oxygens (including phenoxy) is 1. The van der Waals surface area contributed by atoms with E-state index in [4.69, 9.17) is 10.5 Å². The predicted octanol–water partition coefficient (Wildman–Crippen LogP) is 5.37. The van der Waals surface area contributed by atoms with Gasteiger partial charge in [0.15, 0.2) is 0 Å². The van der Waals surface area contributed by atoms with Crippen molar-refractivity contribution >= 4 is 35.0 Å². The number of amides is 4. The fraction of sp³-hybridized carbons (Fsp3) is 0.537. The van der Waals surface area contributed by atoms with E-state index in [1.807, 2.05) is 64.4 Å². The predicted molar refractivity (Wildman–Crippen MR) is 205 cm³/mol. The summed E-state index contributed by atoms with van der Waals surface area (Å²) >= 11 is 1.58. The van der Waals surface area contributed by atoms with Crippen LogP contribution in [0.25, 0.3) is 10.4 Å². The van der Waals surface area contributed by atoms with Gasteiger partial charge in [0.25, 0.3) is 0 Å². The highest BCUT2D eigenvalue weighted by atomic mass is 32.1. The van der Waals surface area contributed by atoms with E-state index < -0.39 is 23.6 Å². The van der Waals surface area contributed by atoms with Crippen LogP contribution in [-0.4, -0.2) is 69.5 Å². The molecule has 0 radical (unpaired) electrons. The first-order chi connectivity index (χ1) is 25.2. The van der Waals surface area contributed by atoms with Crippen LogP contribution in [-0.2, 0) is 37.1 Å². The number of carbonyl (C=O) groups excluding carboxylic acids is 4. The van der Waals surface area contributed by atoms with Gasteiger partial charge in [0.1, 0.15) is 12.1 Å². The number of rotatable bonds is 16. The third-order valence-electron chi connectivity index (χ3n) is 10.4. The highest BCUT2D eigenvalue weighted by molar-refractivity contribution is 7.13. The number of hydrogen-bond acceptors (Lipinski definition) is 8. The summed E-state index contributed by atoms with van der Waals surface area (Å²) in [6, 6.07) is 14.7. The molecule has 4 atom stereocenters. The topological polar surface area (TPSA) is 164 Å². The van der Waals surface area contributed by atoms with Gasteiger partial charge < -0.3 is 31.1 Å². The highest BCUT2D eigenvalue weighted by Gasteiger charge is 2.45. The van der Waals surface area contributed by atoms with E-state index >= 15 is 0 Å². The molecule has 0 spiro atoms.